The Morgan fingerprint density at radius 3 is 2.97 bits per heavy atom. The maximum atomic E-state index is 12.1. The second-order valence-corrected chi connectivity index (χ2v) is 8.30. The average molecular weight is 460 g/mol. The molecule has 2 aromatic carbocycles. The summed E-state index contributed by atoms with van der Waals surface area (Å²) < 4.78 is 12.8. The van der Waals surface area contributed by atoms with Gasteiger partial charge in [-0.1, -0.05) is 46.3 Å². The zero-order valence-electron chi connectivity index (χ0n) is 15.9. The molecule has 0 saturated carbocycles. The summed E-state index contributed by atoms with van der Waals surface area (Å²) in [5.41, 5.74) is 2.45. The Bertz CT molecular complexity index is 1010. The number of nitrogens with one attached hydrogen (secondary N) is 1. The minimum atomic E-state index is -0.697. The highest BCUT2D eigenvalue weighted by atomic mass is 79.9. The topological polar surface area (TPSA) is 85.6 Å². The molecule has 1 amide bonds. The molecule has 4 rings (SSSR count). The van der Waals surface area contributed by atoms with E-state index in [0.29, 0.717) is 24.5 Å². The van der Waals surface area contributed by atoms with Crippen molar-refractivity contribution in [3.05, 3.63) is 59.8 Å². The average Bonchev–Trinajstić information content (AvgIpc) is 3.12. The predicted molar refractivity (Wildman–Crippen MR) is 112 cm³/mol. The monoisotopic (exact) mass is 459 g/mol. The van der Waals surface area contributed by atoms with E-state index in [4.69, 9.17) is 9.47 Å². The summed E-state index contributed by atoms with van der Waals surface area (Å²) in [4.78, 5) is 11.9. The van der Waals surface area contributed by atoms with Crippen molar-refractivity contribution in [1.29, 1.82) is 0 Å². The lowest BCUT2D eigenvalue weighted by Crippen LogP contribution is -2.36. The number of carbonyl (C=O) groups excluding carboxylic acids is 1. The molecule has 0 radical (unpaired) electrons. The summed E-state index contributed by atoms with van der Waals surface area (Å²) in [5, 5.41) is 18.9. The number of ether oxygens (including phenoxy) is 2. The molecule has 3 aromatic rings. The van der Waals surface area contributed by atoms with Gasteiger partial charge in [-0.2, -0.15) is 5.10 Å². The van der Waals surface area contributed by atoms with Gasteiger partial charge in [0.05, 0.1) is 23.1 Å². The van der Waals surface area contributed by atoms with E-state index in [-0.39, 0.29) is 17.5 Å². The maximum absolute atomic E-state index is 12.1. The van der Waals surface area contributed by atoms with Crippen LogP contribution in [0.5, 0.6) is 5.75 Å². The second kappa shape index (κ2) is 8.42. The molecule has 29 heavy (non-hydrogen) atoms. The van der Waals surface area contributed by atoms with Gasteiger partial charge in [0.2, 0.25) is 0 Å². The molecule has 3 atom stereocenters. The van der Waals surface area contributed by atoms with Gasteiger partial charge in [-0.3, -0.25) is 4.68 Å². The van der Waals surface area contributed by atoms with E-state index in [9.17, 15) is 9.90 Å². The van der Waals surface area contributed by atoms with Crippen LogP contribution in [-0.2, 0) is 17.9 Å². The van der Waals surface area contributed by atoms with Crippen LogP contribution in [0, 0.1) is 0 Å². The number of fused-ring (bicyclic) bond motifs is 3. The van der Waals surface area contributed by atoms with Gasteiger partial charge in [-0.05, 0) is 24.6 Å². The summed E-state index contributed by atoms with van der Waals surface area (Å²) in [5.74, 6) is 0.658. The van der Waals surface area contributed by atoms with E-state index in [1.807, 2.05) is 49.4 Å². The van der Waals surface area contributed by atoms with Crippen LogP contribution in [0.25, 0.3) is 10.9 Å². The molecule has 0 saturated heterocycles. The van der Waals surface area contributed by atoms with Gasteiger partial charge in [-0.25, -0.2) is 4.79 Å². The van der Waals surface area contributed by atoms with Gasteiger partial charge in [0.25, 0.3) is 0 Å². The number of aromatic nitrogens is 2. The van der Waals surface area contributed by atoms with Crippen LogP contribution in [0.3, 0.4) is 0 Å². The van der Waals surface area contributed by atoms with E-state index in [1.54, 1.807) is 10.9 Å². The number of benzene rings is 2. The zero-order valence-corrected chi connectivity index (χ0v) is 17.5. The summed E-state index contributed by atoms with van der Waals surface area (Å²) in [6.45, 7) is 2.93. The summed E-state index contributed by atoms with van der Waals surface area (Å²) in [6, 6.07) is 13.1. The van der Waals surface area contributed by atoms with Gasteiger partial charge in [0.15, 0.2) is 0 Å². The molecule has 1 aliphatic heterocycles. The van der Waals surface area contributed by atoms with Crippen molar-refractivity contribution in [2.75, 3.05) is 6.61 Å². The van der Waals surface area contributed by atoms with Crippen molar-refractivity contribution in [2.24, 2.45) is 0 Å². The van der Waals surface area contributed by atoms with Crippen molar-refractivity contribution < 1.29 is 19.4 Å². The Balaban J connectivity index is 1.46. The first kappa shape index (κ1) is 19.7. The van der Waals surface area contributed by atoms with Crippen LogP contribution in [0.2, 0.25) is 0 Å². The molecule has 2 heterocycles. The third-order valence-corrected chi connectivity index (χ3v) is 5.63. The van der Waals surface area contributed by atoms with Gasteiger partial charge in [0.1, 0.15) is 25.1 Å². The van der Waals surface area contributed by atoms with Crippen molar-refractivity contribution in [3.8, 4) is 5.75 Å². The number of hydrogen-bond acceptors (Lipinski definition) is 5. The first-order chi connectivity index (χ1) is 14.0. The molecule has 1 aliphatic rings. The molecule has 2 unspecified atom stereocenters. The van der Waals surface area contributed by atoms with Crippen LogP contribution in [0.15, 0.2) is 48.7 Å². The molecule has 0 aliphatic carbocycles. The molecular formula is C21H22BrN3O4. The Morgan fingerprint density at radius 2 is 2.17 bits per heavy atom. The molecule has 0 fully saturated rings. The lowest BCUT2D eigenvalue weighted by molar-refractivity contribution is 0.126. The Labute approximate surface area is 176 Å². The predicted octanol–water partition coefficient (Wildman–Crippen LogP) is 3.54. The van der Waals surface area contributed by atoms with E-state index < -0.39 is 12.2 Å². The number of halogens is 1. The quantitative estimate of drug-likeness (QED) is 0.569. The van der Waals surface area contributed by atoms with Crippen LogP contribution >= 0.6 is 15.9 Å². The summed E-state index contributed by atoms with van der Waals surface area (Å²) in [6.07, 6.45) is 0.571. The third kappa shape index (κ3) is 4.23. The highest BCUT2D eigenvalue weighted by molar-refractivity contribution is 9.09. The van der Waals surface area contributed by atoms with Crippen LogP contribution in [0.1, 0.15) is 24.2 Å². The molecule has 152 valence electrons. The first-order valence-corrected chi connectivity index (χ1v) is 10.3. The number of carbonyl (C=O) groups is 1. The second-order valence-electron chi connectivity index (χ2n) is 7.12. The fourth-order valence-electron chi connectivity index (χ4n) is 3.45. The van der Waals surface area contributed by atoms with Crippen molar-refractivity contribution in [1.82, 2.24) is 15.1 Å². The van der Waals surface area contributed by atoms with Crippen LogP contribution in [-0.4, -0.2) is 38.5 Å². The maximum Gasteiger partial charge on any atom is 0.407 e. The largest absolute Gasteiger partial charge is 0.492 e. The highest BCUT2D eigenvalue weighted by Crippen LogP contribution is 2.40. The standard InChI is InChI=1S/C21H22BrN3O4/c1-13(24-21(27)29-11-14-5-3-2-4-6-14)10-25-19-15(9-23-25)7-8-17-18(19)20(26)16(22)12-28-17/h2-9,13,16,20,26H,10-12H2,1H3,(H,24,27)/t13-,16?,20?/m0/s1. The lowest BCUT2D eigenvalue weighted by atomic mass is 10.0. The fourth-order valence-corrected chi connectivity index (χ4v) is 3.85. The number of nitrogens with zero attached hydrogens (tertiary/aromatic N) is 2. The molecule has 8 heteroatoms. The Kier molecular flexibility index (Phi) is 5.73. The molecule has 0 spiro atoms. The molecular weight excluding hydrogens is 438 g/mol. The number of alkyl halides is 1. The van der Waals surface area contributed by atoms with Gasteiger partial charge >= 0.3 is 6.09 Å². The van der Waals surface area contributed by atoms with E-state index >= 15 is 0 Å². The lowest BCUT2D eigenvalue weighted by Gasteiger charge is -2.28. The molecule has 0 bridgehead atoms. The number of aliphatic hydroxyl groups excluding tert-OH is 1. The molecule has 7 nitrogen and oxygen atoms in total. The van der Waals surface area contributed by atoms with Gasteiger partial charge in [-0.15, -0.1) is 0 Å². The van der Waals surface area contributed by atoms with Crippen molar-refractivity contribution in [3.63, 3.8) is 0 Å². The number of hydrogen-bond donors (Lipinski definition) is 2. The minimum absolute atomic E-state index is 0.188. The van der Waals surface area contributed by atoms with Crippen molar-refractivity contribution >= 4 is 32.9 Å². The Hall–Kier alpha value is -2.58. The smallest absolute Gasteiger partial charge is 0.407 e. The number of amides is 1. The number of alkyl carbamates (subject to hydrolysis) is 1. The first-order valence-electron chi connectivity index (χ1n) is 9.43. The van der Waals surface area contributed by atoms with E-state index in [1.165, 1.54) is 0 Å². The van der Waals surface area contributed by atoms with E-state index in [2.05, 4.69) is 26.3 Å². The van der Waals surface area contributed by atoms with E-state index in [0.717, 1.165) is 16.5 Å². The summed E-state index contributed by atoms with van der Waals surface area (Å²) >= 11 is 3.46. The zero-order chi connectivity index (χ0) is 20.4. The highest BCUT2D eigenvalue weighted by Gasteiger charge is 2.31. The number of rotatable bonds is 5. The number of aliphatic hydroxyl groups is 1. The van der Waals surface area contributed by atoms with Gasteiger partial charge in [0, 0.05) is 17.0 Å². The molecule has 2 N–H and O–H groups in total. The van der Waals surface area contributed by atoms with Crippen molar-refractivity contribution in [2.45, 2.75) is 37.0 Å². The molecule has 1 aromatic heterocycles. The third-order valence-electron chi connectivity index (χ3n) is 4.86. The SMILES string of the molecule is C[C@@H](Cn1ncc2ccc3c(c21)C(O)C(Br)CO3)NC(=O)OCc1ccccc1. The Morgan fingerprint density at radius 1 is 1.38 bits per heavy atom. The van der Waals surface area contributed by atoms with Crippen LogP contribution in [0.4, 0.5) is 4.79 Å². The minimum Gasteiger partial charge on any atom is -0.492 e. The summed E-state index contributed by atoms with van der Waals surface area (Å²) in [7, 11) is 0. The van der Waals surface area contributed by atoms with Gasteiger partial charge < -0.3 is 19.9 Å². The fraction of sp³-hybridized carbons (Fsp3) is 0.333. The van der Waals surface area contributed by atoms with Crippen LogP contribution < -0.4 is 10.1 Å². The normalized spacial score (nSPS) is 19.3.